The van der Waals surface area contributed by atoms with Crippen LogP contribution in [0.2, 0.25) is 0 Å². The molecule has 0 aliphatic carbocycles. The minimum absolute atomic E-state index is 0.116. The van der Waals surface area contributed by atoms with Gasteiger partial charge in [-0.3, -0.25) is 9.59 Å². The van der Waals surface area contributed by atoms with E-state index in [1.54, 1.807) is 18.7 Å². The maximum absolute atomic E-state index is 12.9. The number of nitrogens with one attached hydrogen (secondary N) is 1. The lowest BCUT2D eigenvalue weighted by Crippen LogP contribution is -2.53. The van der Waals surface area contributed by atoms with Crippen LogP contribution in [0.4, 0.5) is 11.4 Å². The first-order valence-electron chi connectivity index (χ1n) is 9.16. The Hall–Kier alpha value is -2.82. The second-order valence-electron chi connectivity index (χ2n) is 7.66. The summed E-state index contributed by atoms with van der Waals surface area (Å²) in [6, 6.07) is 11.7. The molecule has 2 aromatic rings. The van der Waals surface area contributed by atoms with Crippen LogP contribution in [-0.4, -0.2) is 24.0 Å². The molecular weight excluding hydrogens is 340 g/mol. The van der Waals surface area contributed by atoms with Gasteiger partial charge in [-0.2, -0.15) is 0 Å². The van der Waals surface area contributed by atoms with Crippen molar-refractivity contribution >= 4 is 23.2 Å². The molecule has 0 fully saturated rings. The molecule has 5 nitrogen and oxygen atoms in total. The van der Waals surface area contributed by atoms with Gasteiger partial charge in [0.2, 0.25) is 5.91 Å². The summed E-state index contributed by atoms with van der Waals surface area (Å²) in [7, 11) is 0. The SMILES string of the molecule is Cc1ccc(C)c(NC(=O)CCN2C(=O)C(C)(C)Oc3ccc(C)cc32)c1. The zero-order chi connectivity index (χ0) is 19.8. The first-order chi connectivity index (χ1) is 12.7. The Labute approximate surface area is 160 Å². The number of hydrogen-bond acceptors (Lipinski definition) is 3. The monoisotopic (exact) mass is 366 g/mol. The lowest BCUT2D eigenvalue weighted by Gasteiger charge is -2.38. The normalized spacial score (nSPS) is 15.1. The first kappa shape index (κ1) is 19.0. The summed E-state index contributed by atoms with van der Waals surface area (Å²) in [6.07, 6.45) is 0.211. The Morgan fingerprint density at radius 3 is 2.48 bits per heavy atom. The molecule has 0 unspecified atom stereocenters. The van der Waals surface area contributed by atoms with Crippen molar-refractivity contribution in [1.82, 2.24) is 0 Å². The molecule has 0 aromatic heterocycles. The zero-order valence-electron chi connectivity index (χ0n) is 16.6. The van der Waals surface area contributed by atoms with Crippen molar-refractivity contribution in [3.8, 4) is 5.75 Å². The average Bonchev–Trinajstić information content (AvgIpc) is 2.59. The Morgan fingerprint density at radius 1 is 1.07 bits per heavy atom. The van der Waals surface area contributed by atoms with Gasteiger partial charge in [0.15, 0.2) is 5.60 Å². The molecule has 2 amide bonds. The van der Waals surface area contributed by atoms with E-state index in [0.717, 1.165) is 28.1 Å². The van der Waals surface area contributed by atoms with Crippen LogP contribution in [0.25, 0.3) is 0 Å². The second kappa shape index (κ2) is 7.06. The molecule has 0 atom stereocenters. The van der Waals surface area contributed by atoms with Gasteiger partial charge in [-0.25, -0.2) is 0 Å². The van der Waals surface area contributed by atoms with Crippen LogP contribution in [0.1, 0.15) is 37.0 Å². The third-order valence-corrected chi connectivity index (χ3v) is 4.76. The maximum Gasteiger partial charge on any atom is 0.270 e. The molecule has 0 radical (unpaired) electrons. The number of amides is 2. The minimum Gasteiger partial charge on any atom is -0.476 e. The van der Waals surface area contributed by atoms with Gasteiger partial charge in [0.05, 0.1) is 5.69 Å². The Morgan fingerprint density at radius 2 is 1.74 bits per heavy atom. The number of hydrogen-bond donors (Lipinski definition) is 1. The topological polar surface area (TPSA) is 58.6 Å². The summed E-state index contributed by atoms with van der Waals surface area (Å²) < 4.78 is 5.86. The van der Waals surface area contributed by atoms with Crippen LogP contribution >= 0.6 is 0 Å². The third kappa shape index (κ3) is 3.97. The third-order valence-electron chi connectivity index (χ3n) is 4.76. The van der Waals surface area contributed by atoms with Crippen molar-refractivity contribution in [3.05, 3.63) is 53.1 Å². The average molecular weight is 366 g/mol. The number of carbonyl (C=O) groups excluding carboxylic acids is 2. The molecule has 1 aliphatic heterocycles. The maximum atomic E-state index is 12.9. The van der Waals surface area contributed by atoms with Crippen LogP contribution in [0.15, 0.2) is 36.4 Å². The molecule has 0 bridgehead atoms. The highest BCUT2D eigenvalue weighted by Crippen LogP contribution is 2.38. The molecule has 142 valence electrons. The Kier molecular flexibility index (Phi) is 4.96. The number of nitrogens with zero attached hydrogens (tertiary/aromatic N) is 1. The number of fused-ring (bicyclic) bond motifs is 1. The molecule has 5 heteroatoms. The smallest absolute Gasteiger partial charge is 0.270 e. The summed E-state index contributed by atoms with van der Waals surface area (Å²) in [4.78, 5) is 27.0. The van der Waals surface area contributed by atoms with Gasteiger partial charge in [0, 0.05) is 18.7 Å². The summed E-state index contributed by atoms with van der Waals surface area (Å²) in [6.45, 7) is 9.72. The van der Waals surface area contributed by atoms with Gasteiger partial charge >= 0.3 is 0 Å². The molecular formula is C22H26N2O3. The second-order valence-corrected chi connectivity index (χ2v) is 7.66. The largest absolute Gasteiger partial charge is 0.476 e. The van der Waals surface area contributed by atoms with E-state index in [9.17, 15) is 9.59 Å². The standard InChI is InChI=1S/C22H26N2O3/c1-14-6-8-16(3)17(12-14)23-20(25)10-11-24-18-13-15(2)7-9-19(18)27-22(4,5)21(24)26/h6-9,12-13H,10-11H2,1-5H3,(H,23,25). The highest BCUT2D eigenvalue weighted by molar-refractivity contribution is 6.03. The van der Waals surface area contributed by atoms with Crippen LogP contribution in [-0.2, 0) is 9.59 Å². The summed E-state index contributed by atoms with van der Waals surface area (Å²) in [5, 5.41) is 2.95. The number of carbonyl (C=O) groups is 2. The lowest BCUT2D eigenvalue weighted by molar-refractivity contribution is -0.132. The fraction of sp³-hybridized carbons (Fsp3) is 0.364. The first-order valence-corrected chi connectivity index (χ1v) is 9.16. The van der Waals surface area contributed by atoms with Crippen LogP contribution < -0.4 is 15.0 Å². The molecule has 1 heterocycles. The highest BCUT2D eigenvalue weighted by Gasteiger charge is 2.40. The van der Waals surface area contributed by atoms with E-state index in [2.05, 4.69) is 5.32 Å². The summed E-state index contributed by atoms with van der Waals surface area (Å²) >= 11 is 0. The van der Waals surface area contributed by atoms with Gasteiger partial charge in [0.1, 0.15) is 5.75 Å². The molecule has 1 N–H and O–H groups in total. The number of rotatable bonds is 4. The predicted molar refractivity (Wildman–Crippen MR) is 107 cm³/mol. The molecule has 27 heavy (non-hydrogen) atoms. The molecule has 0 saturated carbocycles. The van der Waals surface area contributed by atoms with Gasteiger partial charge in [-0.1, -0.05) is 18.2 Å². The van der Waals surface area contributed by atoms with Crippen molar-refractivity contribution in [3.63, 3.8) is 0 Å². The van der Waals surface area contributed by atoms with Crippen LogP contribution in [0, 0.1) is 20.8 Å². The van der Waals surface area contributed by atoms with Crippen LogP contribution in [0.3, 0.4) is 0 Å². The van der Waals surface area contributed by atoms with E-state index < -0.39 is 5.60 Å². The number of anilines is 2. The van der Waals surface area contributed by atoms with Gasteiger partial charge in [-0.15, -0.1) is 0 Å². The van der Waals surface area contributed by atoms with Crippen molar-refractivity contribution in [2.75, 3.05) is 16.8 Å². The predicted octanol–water partition coefficient (Wildman–Crippen LogP) is 4.14. The Bertz CT molecular complexity index is 902. The summed E-state index contributed by atoms with van der Waals surface area (Å²) in [5.41, 5.74) is 3.72. The molecule has 0 saturated heterocycles. The van der Waals surface area contributed by atoms with E-state index in [1.165, 1.54) is 0 Å². The molecule has 0 spiro atoms. The van der Waals surface area contributed by atoms with Gasteiger partial charge < -0.3 is 15.0 Å². The van der Waals surface area contributed by atoms with E-state index in [1.807, 2.05) is 57.2 Å². The van der Waals surface area contributed by atoms with Crippen LogP contribution in [0.5, 0.6) is 5.75 Å². The fourth-order valence-electron chi connectivity index (χ4n) is 3.20. The van der Waals surface area contributed by atoms with E-state index in [0.29, 0.717) is 12.3 Å². The molecule has 1 aliphatic rings. The number of benzene rings is 2. The van der Waals surface area contributed by atoms with Crippen molar-refractivity contribution in [2.24, 2.45) is 0 Å². The van der Waals surface area contributed by atoms with Crippen molar-refractivity contribution in [1.29, 1.82) is 0 Å². The quantitative estimate of drug-likeness (QED) is 0.884. The zero-order valence-corrected chi connectivity index (χ0v) is 16.6. The van der Waals surface area contributed by atoms with Gasteiger partial charge in [0.25, 0.3) is 5.91 Å². The fourth-order valence-corrected chi connectivity index (χ4v) is 3.20. The van der Waals surface area contributed by atoms with Crippen molar-refractivity contribution < 1.29 is 14.3 Å². The highest BCUT2D eigenvalue weighted by atomic mass is 16.5. The van der Waals surface area contributed by atoms with E-state index >= 15 is 0 Å². The lowest BCUT2D eigenvalue weighted by atomic mass is 10.0. The van der Waals surface area contributed by atoms with Crippen molar-refractivity contribution in [2.45, 2.75) is 46.6 Å². The number of aryl methyl sites for hydroxylation is 3. The molecule has 3 rings (SSSR count). The van der Waals surface area contributed by atoms with E-state index in [4.69, 9.17) is 4.74 Å². The van der Waals surface area contributed by atoms with E-state index in [-0.39, 0.29) is 18.2 Å². The van der Waals surface area contributed by atoms with Gasteiger partial charge in [-0.05, 0) is 69.5 Å². The molecule has 2 aromatic carbocycles. The Balaban J connectivity index is 1.76. The number of ether oxygens (including phenoxy) is 1. The minimum atomic E-state index is -0.953. The summed E-state index contributed by atoms with van der Waals surface area (Å²) in [5.74, 6) is 0.412.